The predicted molar refractivity (Wildman–Crippen MR) is 84.7 cm³/mol. The number of nitrogens with zero attached hydrogens (tertiary/aromatic N) is 1. The van der Waals surface area contributed by atoms with Gasteiger partial charge in [0.05, 0.1) is 7.11 Å². The summed E-state index contributed by atoms with van der Waals surface area (Å²) in [4.78, 5) is 2.21. The molecule has 1 rings (SSSR count). The van der Waals surface area contributed by atoms with Gasteiger partial charge >= 0.3 is 0 Å². The molecule has 0 heterocycles. The van der Waals surface area contributed by atoms with E-state index in [1.807, 2.05) is 12.1 Å². The lowest BCUT2D eigenvalue weighted by Gasteiger charge is -2.21. The van der Waals surface area contributed by atoms with Gasteiger partial charge < -0.3 is 4.74 Å². The first-order chi connectivity index (χ1) is 8.21. The summed E-state index contributed by atoms with van der Waals surface area (Å²) in [6.45, 7) is 2.44. The molecule has 0 saturated carbocycles. The zero-order valence-electron chi connectivity index (χ0n) is 10.2. The van der Waals surface area contributed by atoms with Gasteiger partial charge in [0.25, 0.3) is 0 Å². The van der Waals surface area contributed by atoms with E-state index in [9.17, 15) is 0 Å². The molecular formula is C12H17BrCl3NO. The lowest BCUT2D eigenvalue weighted by Crippen LogP contribution is -2.27. The molecule has 104 valence electrons. The summed E-state index contributed by atoms with van der Waals surface area (Å²) in [6, 6.07) is 5.99. The van der Waals surface area contributed by atoms with Crippen LogP contribution in [0.15, 0.2) is 22.7 Å². The summed E-state index contributed by atoms with van der Waals surface area (Å²) in [5, 5.41) is 0. The average Bonchev–Trinajstić information content (AvgIpc) is 2.30. The number of alkyl halides is 2. The lowest BCUT2D eigenvalue weighted by molar-refractivity contribution is 0.292. The number of benzene rings is 1. The Morgan fingerprint density at radius 3 is 2.33 bits per heavy atom. The molecule has 0 unspecified atom stereocenters. The van der Waals surface area contributed by atoms with Crippen LogP contribution in [0.25, 0.3) is 0 Å². The topological polar surface area (TPSA) is 12.5 Å². The van der Waals surface area contributed by atoms with Gasteiger partial charge in [-0.25, -0.2) is 0 Å². The van der Waals surface area contributed by atoms with Crippen molar-refractivity contribution in [1.82, 2.24) is 4.90 Å². The van der Waals surface area contributed by atoms with Crippen molar-refractivity contribution in [3.05, 3.63) is 28.2 Å². The SMILES string of the molecule is COc1ccc(Br)cc1CN(CCCl)CCCl.Cl. The van der Waals surface area contributed by atoms with Crippen molar-refractivity contribution >= 4 is 51.5 Å². The van der Waals surface area contributed by atoms with Gasteiger partial charge in [0.1, 0.15) is 5.75 Å². The zero-order chi connectivity index (χ0) is 12.7. The summed E-state index contributed by atoms with van der Waals surface area (Å²) >= 11 is 15.0. The van der Waals surface area contributed by atoms with Gasteiger partial charge in [0, 0.05) is 41.4 Å². The number of ether oxygens (including phenoxy) is 1. The molecule has 0 aliphatic rings. The Morgan fingerprint density at radius 2 is 1.83 bits per heavy atom. The minimum absolute atomic E-state index is 0. The Morgan fingerprint density at radius 1 is 1.22 bits per heavy atom. The normalized spacial score (nSPS) is 10.3. The van der Waals surface area contributed by atoms with Gasteiger partial charge in [-0.1, -0.05) is 15.9 Å². The maximum absolute atomic E-state index is 5.78. The van der Waals surface area contributed by atoms with Crippen molar-refractivity contribution < 1.29 is 4.74 Å². The molecule has 0 aromatic heterocycles. The summed E-state index contributed by atoms with van der Waals surface area (Å²) in [6.07, 6.45) is 0. The molecule has 0 amide bonds. The molecule has 0 aliphatic heterocycles. The van der Waals surface area contributed by atoms with Crippen LogP contribution < -0.4 is 4.74 Å². The van der Waals surface area contributed by atoms with Crippen LogP contribution in [0.1, 0.15) is 5.56 Å². The van der Waals surface area contributed by atoms with Crippen LogP contribution in [-0.4, -0.2) is 36.9 Å². The van der Waals surface area contributed by atoms with E-state index in [0.29, 0.717) is 11.8 Å². The Balaban J connectivity index is 0.00000289. The quantitative estimate of drug-likeness (QED) is 0.662. The minimum Gasteiger partial charge on any atom is -0.496 e. The van der Waals surface area contributed by atoms with Gasteiger partial charge in [-0.2, -0.15) is 0 Å². The van der Waals surface area contributed by atoms with Gasteiger partial charge in [0.2, 0.25) is 0 Å². The molecule has 18 heavy (non-hydrogen) atoms. The van der Waals surface area contributed by atoms with E-state index < -0.39 is 0 Å². The number of methoxy groups -OCH3 is 1. The highest BCUT2D eigenvalue weighted by Crippen LogP contribution is 2.24. The van der Waals surface area contributed by atoms with Gasteiger partial charge in [-0.05, 0) is 18.2 Å². The molecule has 1 aromatic rings. The summed E-state index contributed by atoms with van der Waals surface area (Å²) in [5.41, 5.74) is 1.14. The fraction of sp³-hybridized carbons (Fsp3) is 0.500. The Kier molecular flexibility index (Phi) is 10.3. The van der Waals surface area contributed by atoms with E-state index in [4.69, 9.17) is 27.9 Å². The summed E-state index contributed by atoms with van der Waals surface area (Å²) < 4.78 is 6.39. The fourth-order valence-corrected chi connectivity index (χ4v) is 2.51. The average molecular weight is 378 g/mol. The monoisotopic (exact) mass is 375 g/mol. The number of halogens is 4. The predicted octanol–water partition coefficient (Wildman–Crippen LogP) is 4.16. The molecule has 1 aromatic carbocycles. The third kappa shape index (κ3) is 5.98. The van der Waals surface area contributed by atoms with Crippen molar-refractivity contribution in [1.29, 1.82) is 0 Å². The first kappa shape index (κ1) is 18.3. The van der Waals surface area contributed by atoms with E-state index in [-0.39, 0.29) is 12.4 Å². The molecule has 2 nitrogen and oxygen atoms in total. The van der Waals surface area contributed by atoms with Crippen LogP contribution in [0, 0.1) is 0 Å². The lowest BCUT2D eigenvalue weighted by atomic mass is 10.2. The van der Waals surface area contributed by atoms with Crippen molar-refractivity contribution in [2.24, 2.45) is 0 Å². The molecule has 0 fully saturated rings. The minimum atomic E-state index is 0. The maximum atomic E-state index is 5.78. The smallest absolute Gasteiger partial charge is 0.123 e. The fourth-order valence-electron chi connectivity index (χ4n) is 1.62. The van der Waals surface area contributed by atoms with Crippen molar-refractivity contribution in [3.8, 4) is 5.75 Å². The Bertz CT molecular complexity index is 346. The first-order valence-corrected chi connectivity index (χ1v) is 7.24. The highest BCUT2D eigenvalue weighted by atomic mass is 79.9. The second-order valence-corrected chi connectivity index (χ2v) is 5.28. The molecule has 0 N–H and O–H groups in total. The molecule has 0 radical (unpaired) electrons. The highest BCUT2D eigenvalue weighted by molar-refractivity contribution is 9.10. The van der Waals surface area contributed by atoms with Crippen molar-refractivity contribution in [2.45, 2.75) is 6.54 Å². The maximum Gasteiger partial charge on any atom is 0.123 e. The molecule has 0 atom stereocenters. The third-order valence-electron chi connectivity index (χ3n) is 2.44. The molecular weight excluding hydrogens is 360 g/mol. The van der Waals surface area contributed by atoms with Crippen LogP contribution in [-0.2, 0) is 6.54 Å². The summed E-state index contributed by atoms with van der Waals surface area (Å²) in [7, 11) is 1.68. The largest absolute Gasteiger partial charge is 0.496 e. The van der Waals surface area contributed by atoms with Crippen LogP contribution >= 0.6 is 51.5 Å². The van der Waals surface area contributed by atoms with E-state index in [0.717, 1.165) is 35.4 Å². The number of hydrogen-bond donors (Lipinski definition) is 0. The Hall–Kier alpha value is 0.330. The second-order valence-electron chi connectivity index (χ2n) is 3.61. The first-order valence-electron chi connectivity index (χ1n) is 5.38. The summed E-state index contributed by atoms with van der Waals surface area (Å²) in [5.74, 6) is 2.10. The third-order valence-corrected chi connectivity index (χ3v) is 3.27. The molecule has 6 heteroatoms. The van der Waals surface area contributed by atoms with Crippen molar-refractivity contribution in [3.63, 3.8) is 0 Å². The van der Waals surface area contributed by atoms with E-state index in [1.54, 1.807) is 7.11 Å². The van der Waals surface area contributed by atoms with E-state index in [2.05, 4.69) is 26.9 Å². The number of rotatable bonds is 7. The zero-order valence-corrected chi connectivity index (χ0v) is 14.1. The van der Waals surface area contributed by atoms with Crippen LogP contribution in [0.2, 0.25) is 0 Å². The van der Waals surface area contributed by atoms with Crippen LogP contribution in [0.4, 0.5) is 0 Å². The molecule has 0 spiro atoms. The van der Waals surface area contributed by atoms with Crippen molar-refractivity contribution in [2.75, 3.05) is 32.0 Å². The standard InChI is InChI=1S/C12H16BrCl2NO.ClH/c1-17-12-3-2-11(13)8-10(12)9-16(6-4-14)7-5-15;/h2-3,8H,4-7,9H2,1H3;1H. The molecule has 0 saturated heterocycles. The van der Waals surface area contributed by atoms with E-state index in [1.165, 1.54) is 0 Å². The highest BCUT2D eigenvalue weighted by Gasteiger charge is 2.09. The molecule has 0 aliphatic carbocycles. The van der Waals surface area contributed by atoms with Crippen LogP contribution in [0.3, 0.4) is 0 Å². The van der Waals surface area contributed by atoms with Crippen LogP contribution in [0.5, 0.6) is 5.75 Å². The van der Waals surface area contributed by atoms with Gasteiger partial charge in [0.15, 0.2) is 0 Å². The van der Waals surface area contributed by atoms with Gasteiger partial charge in [-0.15, -0.1) is 35.6 Å². The van der Waals surface area contributed by atoms with E-state index >= 15 is 0 Å². The second kappa shape index (κ2) is 10.2. The number of hydrogen-bond acceptors (Lipinski definition) is 2. The Labute approximate surface area is 133 Å². The van der Waals surface area contributed by atoms with Gasteiger partial charge in [-0.3, -0.25) is 4.90 Å². The molecule has 0 bridgehead atoms.